The van der Waals surface area contributed by atoms with Gasteiger partial charge >= 0.3 is 0 Å². The molecular formula is C9H11ClO2. The molecule has 0 aromatic heterocycles. The van der Waals surface area contributed by atoms with Crippen molar-refractivity contribution in [1.82, 2.24) is 0 Å². The Labute approximate surface area is 76.7 Å². The summed E-state index contributed by atoms with van der Waals surface area (Å²) in [6, 6.07) is 5.36. The Morgan fingerprint density at radius 3 is 2.75 bits per heavy atom. The fourth-order valence-corrected chi connectivity index (χ4v) is 1.23. The van der Waals surface area contributed by atoms with Crippen molar-refractivity contribution >= 4 is 11.6 Å². The fraction of sp³-hybridized carbons (Fsp3) is 0.333. The van der Waals surface area contributed by atoms with Gasteiger partial charge in [0.25, 0.3) is 0 Å². The molecule has 0 unspecified atom stereocenters. The third-order valence-electron chi connectivity index (χ3n) is 1.64. The van der Waals surface area contributed by atoms with E-state index in [1.807, 2.05) is 0 Å². The number of rotatable bonds is 3. The molecule has 0 aliphatic rings. The summed E-state index contributed by atoms with van der Waals surface area (Å²) in [6.45, 7) is 0.506. The second-order valence-corrected chi connectivity index (χ2v) is 2.94. The second-order valence-electron chi connectivity index (χ2n) is 2.50. The first-order valence-electron chi connectivity index (χ1n) is 3.65. The highest BCUT2D eigenvalue weighted by atomic mass is 35.5. The molecule has 0 aliphatic heterocycles. The highest BCUT2D eigenvalue weighted by molar-refractivity contribution is 6.30. The highest BCUT2D eigenvalue weighted by Crippen LogP contribution is 2.16. The van der Waals surface area contributed by atoms with Gasteiger partial charge < -0.3 is 9.84 Å². The lowest BCUT2D eigenvalue weighted by molar-refractivity contribution is 0.181. The lowest BCUT2D eigenvalue weighted by atomic mass is 10.1. The number of hydrogen-bond acceptors (Lipinski definition) is 2. The van der Waals surface area contributed by atoms with Gasteiger partial charge in [-0.25, -0.2) is 0 Å². The second kappa shape index (κ2) is 4.45. The van der Waals surface area contributed by atoms with Crippen LogP contribution in [-0.4, -0.2) is 12.2 Å². The van der Waals surface area contributed by atoms with E-state index in [1.165, 1.54) is 0 Å². The molecular weight excluding hydrogens is 176 g/mol. The van der Waals surface area contributed by atoms with Crippen LogP contribution in [0.3, 0.4) is 0 Å². The maximum atomic E-state index is 8.94. The Morgan fingerprint density at radius 1 is 1.42 bits per heavy atom. The standard InChI is InChI=1S/C9H11ClO2/c1-12-6-8-4-9(10)3-2-7(8)5-11/h2-4,11H,5-6H2,1H3. The zero-order valence-electron chi connectivity index (χ0n) is 6.88. The first kappa shape index (κ1) is 9.52. The van der Waals surface area contributed by atoms with Crippen molar-refractivity contribution in [3.05, 3.63) is 34.3 Å². The van der Waals surface area contributed by atoms with Gasteiger partial charge in [-0.3, -0.25) is 0 Å². The first-order valence-corrected chi connectivity index (χ1v) is 4.03. The van der Waals surface area contributed by atoms with E-state index in [4.69, 9.17) is 21.4 Å². The fourth-order valence-electron chi connectivity index (χ4n) is 1.04. The normalized spacial score (nSPS) is 10.2. The molecule has 1 N–H and O–H groups in total. The lowest BCUT2D eigenvalue weighted by Gasteiger charge is -2.05. The monoisotopic (exact) mass is 186 g/mol. The summed E-state index contributed by atoms with van der Waals surface area (Å²) >= 11 is 5.77. The van der Waals surface area contributed by atoms with Gasteiger partial charge in [0.15, 0.2) is 0 Å². The van der Waals surface area contributed by atoms with Gasteiger partial charge in [0.2, 0.25) is 0 Å². The summed E-state index contributed by atoms with van der Waals surface area (Å²) in [6.07, 6.45) is 0. The predicted octanol–water partition coefficient (Wildman–Crippen LogP) is 1.98. The molecule has 66 valence electrons. The van der Waals surface area contributed by atoms with Crippen LogP contribution in [0.5, 0.6) is 0 Å². The molecule has 0 saturated carbocycles. The van der Waals surface area contributed by atoms with Crippen molar-refractivity contribution in [3.63, 3.8) is 0 Å². The molecule has 0 heterocycles. The van der Waals surface area contributed by atoms with Crippen molar-refractivity contribution in [2.75, 3.05) is 7.11 Å². The van der Waals surface area contributed by atoms with Gasteiger partial charge in [0, 0.05) is 12.1 Å². The number of aliphatic hydroxyl groups is 1. The molecule has 2 nitrogen and oxygen atoms in total. The number of methoxy groups -OCH3 is 1. The highest BCUT2D eigenvalue weighted by Gasteiger charge is 2.01. The molecule has 0 spiro atoms. The molecule has 1 aromatic rings. The van der Waals surface area contributed by atoms with E-state index in [0.717, 1.165) is 11.1 Å². The van der Waals surface area contributed by atoms with E-state index in [1.54, 1.807) is 25.3 Å². The van der Waals surface area contributed by atoms with Crippen LogP contribution in [0.2, 0.25) is 5.02 Å². The van der Waals surface area contributed by atoms with E-state index in [0.29, 0.717) is 11.6 Å². The van der Waals surface area contributed by atoms with Crippen molar-refractivity contribution in [3.8, 4) is 0 Å². The molecule has 1 aromatic carbocycles. The SMILES string of the molecule is COCc1cc(Cl)ccc1CO. The third-order valence-corrected chi connectivity index (χ3v) is 1.87. The molecule has 12 heavy (non-hydrogen) atoms. The van der Waals surface area contributed by atoms with Crippen LogP contribution in [0.1, 0.15) is 11.1 Å². The number of benzene rings is 1. The average Bonchev–Trinajstić information content (AvgIpc) is 2.05. The van der Waals surface area contributed by atoms with Crippen molar-refractivity contribution in [2.45, 2.75) is 13.2 Å². The van der Waals surface area contributed by atoms with Crippen LogP contribution in [-0.2, 0) is 18.0 Å². The molecule has 0 aliphatic carbocycles. The largest absolute Gasteiger partial charge is 0.392 e. The summed E-state index contributed by atoms with van der Waals surface area (Å²) in [4.78, 5) is 0. The van der Waals surface area contributed by atoms with Crippen molar-refractivity contribution in [1.29, 1.82) is 0 Å². The van der Waals surface area contributed by atoms with Gasteiger partial charge in [0.1, 0.15) is 0 Å². The number of halogens is 1. The molecule has 3 heteroatoms. The van der Waals surface area contributed by atoms with Crippen LogP contribution < -0.4 is 0 Å². The van der Waals surface area contributed by atoms with Gasteiger partial charge in [-0.05, 0) is 23.3 Å². The predicted molar refractivity (Wildman–Crippen MR) is 48.1 cm³/mol. The summed E-state index contributed by atoms with van der Waals surface area (Å²) in [5, 5.41) is 9.60. The Hall–Kier alpha value is -0.570. The van der Waals surface area contributed by atoms with Gasteiger partial charge in [-0.2, -0.15) is 0 Å². The zero-order chi connectivity index (χ0) is 8.97. The molecule has 1 rings (SSSR count). The molecule has 0 atom stereocenters. The summed E-state index contributed by atoms with van der Waals surface area (Å²) in [5.74, 6) is 0. The minimum absolute atomic E-state index is 0.0237. The molecule has 0 amide bonds. The van der Waals surface area contributed by atoms with Gasteiger partial charge in [-0.1, -0.05) is 17.7 Å². The van der Waals surface area contributed by atoms with Gasteiger partial charge in [0.05, 0.1) is 13.2 Å². The van der Waals surface area contributed by atoms with Crippen LogP contribution in [0.25, 0.3) is 0 Å². The minimum atomic E-state index is 0.0237. The molecule has 0 fully saturated rings. The smallest absolute Gasteiger partial charge is 0.0717 e. The number of ether oxygens (including phenoxy) is 1. The number of aliphatic hydroxyl groups excluding tert-OH is 1. The Balaban J connectivity index is 2.95. The molecule has 0 bridgehead atoms. The van der Waals surface area contributed by atoms with E-state index >= 15 is 0 Å². The van der Waals surface area contributed by atoms with Crippen molar-refractivity contribution in [2.24, 2.45) is 0 Å². The van der Waals surface area contributed by atoms with Gasteiger partial charge in [-0.15, -0.1) is 0 Å². The molecule has 0 saturated heterocycles. The Bertz CT molecular complexity index is 261. The zero-order valence-corrected chi connectivity index (χ0v) is 7.64. The Kier molecular flexibility index (Phi) is 3.53. The maximum Gasteiger partial charge on any atom is 0.0717 e. The number of hydrogen-bond donors (Lipinski definition) is 1. The van der Waals surface area contributed by atoms with Crippen LogP contribution in [0.4, 0.5) is 0 Å². The molecule has 0 radical (unpaired) electrons. The summed E-state index contributed by atoms with van der Waals surface area (Å²) in [5.41, 5.74) is 1.80. The Morgan fingerprint density at radius 2 is 2.17 bits per heavy atom. The first-order chi connectivity index (χ1) is 5.77. The topological polar surface area (TPSA) is 29.5 Å². The quantitative estimate of drug-likeness (QED) is 0.782. The van der Waals surface area contributed by atoms with Crippen molar-refractivity contribution < 1.29 is 9.84 Å². The van der Waals surface area contributed by atoms with E-state index < -0.39 is 0 Å². The minimum Gasteiger partial charge on any atom is -0.392 e. The van der Waals surface area contributed by atoms with Crippen LogP contribution in [0.15, 0.2) is 18.2 Å². The van der Waals surface area contributed by atoms with Crippen LogP contribution >= 0.6 is 11.6 Å². The average molecular weight is 187 g/mol. The lowest BCUT2D eigenvalue weighted by Crippen LogP contribution is -1.95. The summed E-state index contributed by atoms with van der Waals surface area (Å²) in [7, 11) is 1.61. The maximum absolute atomic E-state index is 8.94. The van der Waals surface area contributed by atoms with Crippen LogP contribution in [0, 0.1) is 0 Å². The van der Waals surface area contributed by atoms with E-state index in [-0.39, 0.29) is 6.61 Å². The van der Waals surface area contributed by atoms with E-state index in [2.05, 4.69) is 0 Å². The third kappa shape index (κ3) is 2.21. The van der Waals surface area contributed by atoms with E-state index in [9.17, 15) is 0 Å². The summed E-state index contributed by atoms with van der Waals surface area (Å²) < 4.78 is 4.96.